The van der Waals surface area contributed by atoms with Crippen LogP contribution in [0.4, 0.5) is 10.1 Å². The molecule has 3 nitrogen and oxygen atoms in total. The fourth-order valence-electron chi connectivity index (χ4n) is 4.03. The minimum atomic E-state index is -0.180. The molecule has 1 aliphatic heterocycles. The predicted molar refractivity (Wildman–Crippen MR) is 130 cm³/mol. The molecule has 0 amide bonds. The highest BCUT2D eigenvalue weighted by atomic mass is 35.5. The molecule has 168 valence electrons. The fraction of sp³-hybridized carbons (Fsp3) is 0.455. The summed E-state index contributed by atoms with van der Waals surface area (Å²) < 4.78 is 19.0. The van der Waals surface area contributed by atoms with Crippen molar-refractivity contribution in [2.75, 3.05) is 44.2 Å². The third-order valence-electron chi connectivity index (χ3n) is 5.59. The van der Waals surface area contributed by atoms with E-state index in [4.69, 9.17) is 16.3 Å². The molecule has 0 unspecified atom stereocenters. The van der Waals surface area contributed by atoms with E-state index in [1.165, 1.54) is 29.7 Å². The van der Waals surface area contributed by atoms with Gasteiger partial charge in [-0.15, -0.1) is 37.2 Å². The maximum atomic E-state index is 13.1. The molecule has 4 rings (SSSR count). The van der Waals surface area contributed by atoms with Crippen LogP contribution in [0.3, 0.4) is 0 Å². The van der Waals surface area contributed by atoms with Gasteiger partial charge in [-0.05, 0) is 73.2 Å². The van der Waals surface area contributed by atoms with E-state index in [9.17, 15) is 4.39 Å². The number of anilines is 1. The molecule has 2 aromatic carbocycles. The average Bonchev–Trinajstić information content (AvgIpc) is 3.13. The Labute approximate surface area is 202 Å². The standard InChI is InChI=1S/C22H26ClFN2O.3ClH/c23-21-15-17-3-1-4-18(17)16-22(21)27-14-2-9-25-10-12-26(13-11-25)20-7-5-19(24)6-8-20;;;/h5-8,15-16H,1-4,9-14H2;3*1H. The summed E-state index contributed by atoms with van der Waals surface area (Å²) in [4.78, 5) is 4.78. The number of piperazine rings is 1. The zero-order valence-electron chi connectivity index (χ0n) is 16.8. The second kappa shape index (κ2) is 12.8. The van der Waals surface area contributed by atoms with Crippen LogP contribution in [0.2, 0.25) is 5.02 Å². The number of hydrogen-bond donors (Lipinski definition) is 0. The quantitative estimate of drug-likeness (QED) is 0.467. The Balaban J connectivity index is 0.00000150. The van der Waals surface area contributed by atoms with Crippen molar-refractivity contribution >= 4 is 54.5 Å². The Hall–Kier alpha value is -0.910. The lowest BCUT2D eigenvalue weighted by Crippen LogP contribution is -2.46. The summed E-state index contributed by atoms with van der Waals surface area (Å²) in [5.74, 6) is 0.652. The molecule has 1 heterocycles. The van der Waals surface area contributed by atoms with Crippen LogP contribution in [0.25, 0.3) is 0 Å². The van der Waals surface area contributed by atoms with Crippen molar-refractivity contribution in [2.45, 2.75) is 25.7 Å². The van der Waals surface area contributed by atoms with E-state index in [1.54, 1.807) is 0 Å². The van der Waals surface area contributed by atoms with Gasteiger partial charge in [0.25, 0.3) is 0 Å². The molecule has 0 spiro atoms. The number of ether oxygens (including phenoxy) is 1. The Bertz CT molecular complexity index is 783. The minimum Gasteiger partial charge on any atom is -0.492 e. The van der Waals surface area contributed by atoms with Gasteiger partial charge in [-0.1, -0.05) is 11.6 Å². The summed E-state index contributed by atoms with van der Waals surface area (Å²) in [6, 6.07) is 11.0. The summed E-state index contributed by atoms with van der Waals surface area (Å²) >= 11 is 6.36. The second-order valence-corrected chi connectivity index (χ2v) is 7.82. The van der Waals surface area contributed by atoms with Gasteiger partial charge >= 0.3 is 0 Å². The van der Waals surface area contributed by atoms with E-state index in [2.05, 4.69) is 21.9 Å². The number of fused-ring (bicyclic) bond motifs is 1. The summed E-state index contributed by atoms with van der Waals surface area (Å²) in [5.41, 5.74) is 3.88. The maximum absolute atomic E-state index is 13.1. The number of rotatable bonds is 6. The lowest BCUT2D eigenvalue weighted by atomic mass is 10.1. The average molecular weight is 498 g/mol. The zero-order chi connectivity index (χ0) is 18.6. The second-order valence-electron chi connectivity index (χ2n) is 7.41. The van der Waals surface area contributed by atoms with Crippen molar-refractivity contribution in [2.24, 2.45) is 0 Å². The van der Waals surface area contributed by atoms with E-state index in [-0.39, 0.29) is 43.0 Å². The Morgan fingerprint density at radius 3 is 2.20 bits per heavy atom. The van der Waals surface area contributed by atoms with Gasteiger partial charge in [0.2, 0.25) is 0 Å². The van der Waals surface area contributed by atoms with E-state index < -0.39 is 0 Å². The van der Waals surface area contributed by atoms with Crippen molar-refractivity contribution in [3.05, 3.63) is 58.4 Å². The Kier molecular flexibility index (Phi) is 11.6. The third kappa shape index (κ3) is 6.80. The van der Waals surface area contributed by atoms with Gasteiger partial charge < -0.3 is 9.64 Å². The molecule has 8 heteroatoms. The lowest BCUT2D eigenvalue weighted by Gasteiger charge is -2.36. The van der Waals surface area contributed by atoms with Crippen LogP contribution < -0.4 is 9.64 Å². The van der Waals surface area contributed by atoms with E-state index in [0.717, 1.165) is 68.4 Å². The first-order valence-electron chi connectivity index (χ1n) is 9.86. The van der Waals surface area contributed by atoms with Gasteiger partial charge in [0, 0.05) is 38.4 Å². The highest BCUT2D eigenvalue weighted by molar-refractivity contribution is 6.32. The smallest absolute Gasteiger partial charge is 0.138 e. The molecule has 1 saturated heterocycles. The highest BCUT2D eigenvalue weighted by Crippen LogP contribution is 2.33. The first-order chi connectivity index (χ1) is 13.2. The molecular weight excluding hydrogens is 469 g/mol. The lowest BCUT2D eigenvalue weighted by molar-refractivity contribution is 0.224. The van der Waals surface area contributed by atoms with E-state index >= 15 is 0 Å². The third-order valence-corrected chi connectivity index (χ3v) is 5.88. The SMILES string of the molecule is Cl.Cl.Cl.Fc1ccc(N2CCN(CCCOc3cc4c(cc3Cl)CCC4)CC2)cc1. The van der Waals surface area contributed by atoms with Crippen molar-refractivity contribution < 1.29 is 9.13 Å². The van der Waals surface area contributed by atoms with Gasteiger partial charge in [0.05, 0.1) is 11.6 Å². The number of hydrogen-bond acceptors (Lipinski definition) is 3. The summed E-state index contributed by atoms with van der Waals surface area (Å²) in [7, 11) is 0. The molecule has 1 fully saturated rings. The summed E-state index contributed by atoms with van der Waals surface area (Å²) in [6.45, 7) is 5.72. The molecule has 0 saturated carbocycles. The van der Waals surface area contributed by atoms with Crippen LogP contribution in [-0.4, -0.2) is 44.2 Å². The predicted octanol–water partition coefficient (Wildman–Crippen LogP) is 5.82. The normalized spacial score (nSPS) is 15.5. The number of aryl methyl sites for hydroxylation is 2. The number of halogens is 5. The van der Waals surface area contributed by atoms with E-state index in [1.807, 2.05) is 12.1 Å². The van der Waals surface area contributed by atoms with Gasteiger partial charge in [0.15, 0.2) is 0 Å². The minimum absolute atomic E-state index is 0. The van der Waals surface area contributed by atoms with Crippen LogP contribution in [0.1, 0.15) is 24.0 Å². The Morgan fingerprint density at radius 1 is 0.900 bits per heavy atom. The molecule has 2 aromatic rings. The zero-order valence-corrected chi connectivity index (χ0v) is 20.0. The summed E-state index contributed by atoms with van der Waals surface area (Å²) in [5, 5.41) is 0.739. The van der Waals surface area contributed by atoms with Crippen LogP contribution in [-0.2, 0) is 12.8 Å². The van der Waals surface area contributed by atoms with Crippen LogP contribution in [0, 0.1) is 5.82 Å². The van der Waals surface area contributed by atoms with Gasteiger partial charge in [-0.25, -0.2) is 4.39 Å². The Morgan fingerprint density at radius 2 is 1.53 bits per heavy atom. The molecule has 0 atom stereocenters. The van der Waals surface area contributed by atoms with Crippen molar-refractivity contribution in [1.29, 1.82) is 0 Å². The highest BCUT2D eigenvalue weighted by Gasteiger charge is 2.17. The van der Waals surface area contributed by atoms with Crippen LogP contribution in [0.5, 0.6) is 5.75 Å². The van der Waals surface area contributed by atoms with Crippen molar-refractivity contribution in [3.8, 4) is 5.75 Å². The first-order valence-corrected chi connectivity index (χ1v) is 10.2. The van der Waals surface area contributed by atoms with Gasteiger partial charge in [-0.2, -0.15) is 0 Å². The molecule has 2 aliphatic rings. The van der Waals surface area contributed by atoms with E-state index in [0.29, 0.717) is 6.61 Å². The molecule has 0 bridgehead atoms. The maximum Gasteiger partial charge on any atom is 0.138 e. The van der Waals surface area contributed by atoms with Crippen molar-refractivity contribution in [3.63, 3.8) is 0 Å². The van der Waals surface area contributed by atoms with Gasteiger partial charge in [-0.3, -0.25) is 4.90 Å². The first kappa shape index (κ1) is 27.1. The van der Waals surface area contributed by atoms with Crippen LogP contribution >= 0.6 is 48.8 Å². The molecule has 0 radical (unpaired) electrons. The number of benzene rings is 2. The molecule has 1 aliphatic carbocycles. The fourth-order valence-corrected chi connectivity index (χ4v) is 4.27. The monoisotopic (exact) mass is 496 g/mol. The van der Waals surface area contributed by atoms with Crippen LogP contribution in [0.15, 0.2) is 36.4 Å². The molecule has 30 heavy (non-hydrogen) atoms. The topological polar surface area (TPSA) is 15.7 Å². The van der Waals surface area contributed by atoms with Gasteiger partial charge in [0.1, 0.15) is 11.6 Å². The molecular formula is C22H29Cl4FN2O. The largest absolute Gasteiger partial charge is 0.492 e. The molecule has 0 aromatic heterocycles. The number of nitrogens with zero attached hydrogens (tertiary/aromatic N) is 2. The van der Waals surface area contributed by atoms with Crippen molar-refractivity contribution in [1.82, 2.24) is 4.90 Å². The molecule has 0 N–H and O–H groups in total. The summed E-state index contributed by atoms with van der Waals surface area (Å²) in [6.07, 6.45) is 4.49.